The van der Waals surface area contributed by atoms with E-state index in [9.17, 15) is 4.79 Å². The first kappa shape index (κ1) is 20.7. The van der Waals surface area contributed by atoms with Gasteiger partial charge in [-0.3, -0.25) is 4.79 Å². The van der Waals surface area contributed by atoms with Gasteiger partial charge in [0.25, 0.3) is 5.91 Å². The zero-order chi connectivity index (χ0) is 21.6. The molecule has 2 heterocycles. The molecule has 1 aliphatic heterocycles. The van der Waals surface area contributed by atoms with Crippen LogP contribution in [-0.2, 0) is 0 Å². The predicted octanol–water partition coefficient (Wildman–Crippen LogP) is 3.51. The molecule has 4 rings (SSSR count). The van der Waals surface area contributed by atoms with E-state index < -0.39 is 0 Å². The molecule has 2 aromatic carbocycles. The van der Waals surface area contributed by atoms with Gasteiger partial charge in [-0.05, 0) is 67.6 Å². The van der Waals surface area contributed by atoms with Gasteiger partial charge < -0.3 is 19.3 Å². The first-order valence-electron chi connectivity index (χ1n) is 10.4. The van der Waals surface area contributed by atoms with Crippen molar-refractivity contribution in [2.75, 3.05) is 44.8 Å². The predicted molar refractivity (Wildman–Crippen MR) is 120 cm³/mol. The van der Waals surface area contributed by atoms with E-state index in [4.69, 9.17) is 9.47 Å². The highest BCUT2D eigenvalue weighted by Crippen LogP contribution is 2.22. The Labute approximate surface area is 182 Å². The van der Waals surface area contributed by atoms with Crippen molar-refractivity contribution in [3.63, 3.8) is 0 Å². The summed E-state index contributed by atoms with van der Waals surface area (Å²) < 4.78 is 10.6. The van der Waals surface area contributed by atoms with Crippen LogP contribution < -0.4 is 14.4 Å². The number of hydrogen-bond donors (Lipinski definition) is 0. The molecular formula is C24H26N4O3. The summed E-state index contributed by atoms with van der Waals surface area (Å²) in [6, 6.07) is 19.0. The van der Waals surface area contributed by atoms with Crippen molar-refractivity contribution >= 4 is 11.7 Å². The molecule has 0 unspecified atom stereocenters. The summed E-state index contributed by atoms with van der Waals surface area (Å²) in [4.78, 5) is 16.8. The summed E-state index contributed by atoms with van der Waals surface area (Å²) in [5, 5.41) is 8.78. The van der Waals surface area contributed by atoms with E-state index in [1.165, 1.54) is 0 Å². The molecule has 0 atom stereocenters. The van der Waals surface area contributed by atoms with E-state index >= 15 is 0 Å². The van der Waals surface area contributed by atoms with Crippen molar-refractivity contribution < 1.29 is 14.3 Å². The number of ether oxygens (including phenoxy) is 2. The lowest BCUT2D eigenvalue weighted by molar-refractivity contribution is 0.0746. The third-order valence-corrected chi connectivity index (χ3v) is 5.34. The van der Waals surface area contributed by atoms with Crippen molar-refractivity contribution in [1.82, 2.24) is 15.1 Å². The average molecular weight is 418 g/mol. The number of benzene rings is 2. The smallest absolute Gasteiger partial charge is 0.253 e. The Kier molecular flexibility index (Phi) is 6.31. The molecule has 160 valence electrons. The minimum atomic E-state index is 0.0450. The van der Waals surface area contributed by atoms with E-state index in [2.05, 4.69) is 15.1 Å². The Morgan fingerprint density at radius 2 is 1.55 bits per heavy atom. The molecule has 0 bridgehead atoms. The first-order valence-corrected chi connectivity index (χ1v) is 10.4. The molecule has 0 saturated carbocycles. The average Bonchev–Trinajstić information content (AvgIpc) is 2.85. The standard InChI is InChI=1S/C24H26N4O3/c1-3-31-21-10-6-19(7-11-21)24(29)28-16-14-27(15-17-28)23-13-12-22(25-26-23)18-4-8-20(30-2)9-5-18/h4-13H,3,14-17H2,1-2H3. The largest absolute Gasteiger partial charge is 0.497 e. The minimum absolute atomic E-state index is 0.0450. The third kappa shape index (κ3) is 4.77. The van der Waals surface area contributed by atoms with Crippen molar-refractivity contribution in [2.45, 2.75) is 6.92 Å². The number of nitrogens with zero attached hydrogens (tertiary/aromatic N) is 4. The Morgan fingerprint density at radius 3 is 2.13 bits per heavy atom. The van der Waals surface area contributed by atoms with Crippen LogP contribution in [0.5, 0.6) is 11.5 Å². The SMILES string of the molecule is CCOc1ccc(C(=O)N2CCN(c3ccc(-c4ccc(OC)cc4)nn3)CC2)cc1. The molecule has 1 fully saturated rings. The molecule has 1 saturated heterocycles. The quantitative estimate of drug-likeness (QED) is 0.610. The highest BCUT2D eigenvalue weighted by atomic mass is 16.5. The zero-order valence-electron chi connectivity index (χ0n) is 17.8. The van der Waals surface area contributed by atoms with Gasteiger partial charge in [0.05, 0.1) is 19.4 Å². The van der Waals surface area contributed by atoms with Crippen LogP contribution in [0.2, 0.25) is 0 Å². The van der Waals surface area contributed by atoms with Crippen LogP contribution in [0.25, 0.3) is 11.3 Å². The van der Waals surface area contributed by atoms with Crippen LogP contribution >= 0.6 is 0 Å². The van der Waals surface area contributed by atoms with Crippen molar-refractivity contribution in [1.29, 1.82) is 0 Å². The molecular weight excluding hydrogens is 392 g/mol. The molecule has 7 heteroatoms. The number of anilines is 1. The molecule has 1 amide bonds. The Morgan fingerprint density at radius 1 is 0.871 bits per heavy atom. The normalized spacial score (nSPS) is 13.7. The second kappa shape index (κ2) is 9.47. The van der Waals surface area contributed by atoms with Gasteiger partial charge in [-0.2, -0.15) is 0 Å². The summed E-state index contributed by atoms with van der Waals surface area (Å²) in [6.45, 7) is 5.29. The number of carbonyl (C=O) groups excluding carboxylic acids is 1. The Bertz CT molecular complexity index is 997. The molecule has 0 spiro atoms. The molecule has 7 nitrogen and oxygen atoms in total. The lowest BCUT2D eigenvalue weighted by Gasteiger charge is -2.35. The fourth-order valence-electron chi connectivity index (χ4n) is 3.59. The van der Waals surface area contributed by atoms with Gasteiger partial charge in [-0.15, -0.1) is 10.2 Å². The van der Waals surface area contributed by atoms with E-state index in [1.807, 2.05) is 72.5 Å². The highest BCUT2D eigenvalue weighted by Gasteiger charge is 2.23. The third-order valence-electron chi connectivity index (χ3n) is 5.34. The van der Waals surface area contributed by atoms with Gasteiger partial charge in [0.1, 0.15) is 11.5 Å². The number of amides is 1. The number of methoxy groups -OCH3 is 1. The van der Waals surface area contributed by atoms with Crippen LogP contribution in [0.1, 0.15) is 17.3 Å². The van der Waals surface area contributed by atoms with Gasteiger partial charge >= 0.3 is 0 Å². The number of aromatic nitrogens is 2. The Hall–Kier alpha value is -3.61. The van der Waals surface area contributed by atoms with Crippen LogP contribution in [-0.4, -0.2) is 60.9 Å². The van der Waals surface area contributed by atoms with Crippen LogP contribution in [0.4, 0.5) is 5.82 Å². The highest BCUT2D eigenvalue weighted by molar-refractivity contribution is 5.94. The van der Waals surface area contributed by atoms with Crippen LogP contribution in [0.3, 0.4) is 0 Å². The summed E-state index contributed by atoms with van der Waals surface area (Å²) in [5.74, 6) is 2.46. The van der Waals surface area contributed by atoms with Gasteiger partial charge in [0.2, 0.25) is 0 Å². The van der Waals surface area contributed by atoms with Crippen LogP contribution in [0, 0.1) is 0 Å². The number of piperazine rings is 1. The number of hydrogen-bond acceptors (Lipinski definition) is 6. The summed E-state index contributed by atoms with van der Waals surface area (Å²) in [6.07, 6.45) is 0. The maximum absolute atomic E-state index is 12.8. The Balaban J connectivity index is 1.35. The zero-order valence-corrected chi connectivity index (χ0v) is 17.8. The number of carbonyl (C=O) groups is 1. The molecule has 3 aromatic rings. The molecule has 1 aromatic heterocycles. The van der Waals surface area contributed by atoms with Crippen LogP contribution in [0.15, 0.2) is 60.7 Å². The lowest BCUT2D eigenvalue weighted by Crippen LogP contribution is -2.49. The van der Waals surface area contributed by atoms with Crippen molar-refractivity contribution in [3.8, 4) is 22.8 Å². The van der Waals surface area contributed by atoms with Crippen molar-refractivity contribution in [2.24, 2.45) is 0 Å². The van der Waals surface area contributed by atoms with Crippen molar-refractivity contribution in [3.05, 3.63) is 66.2 Å². The van der Waals surface area contributed by atoms with Gasteiger partial charge in [-0.1, -0.05) is 0 Å². The first-order chi connectivity index (χ1) is 15.2. The minimum Gasteiger partial charge on any atom is -0.497 e. The lowest BCUT2D eigenvalue weighted by atomic mass is 10.1. The monoisotopic (exact) mass is 418 g/mol. The maximum atomic E-state index is 12.8. The van der Waals surface area contributed by atoms with Gasteiger partial charge in [-0.25, -0.2) is 0 Å². The summed E-state index contributed by atoms with van der Waals surface area (Å²) in [7, 11) is 1.65. The molecule has 0 N–H and O–H groups in total. The molecule has 1 aliphatic rings. The molecule has 31 heavy (non-hydrogen) atoms. The maximum Gasteiger partial charge on any atom is 0.253 e. The van der Waals surface area contributed by atoms with E-state index in [1.54, 1.807) is 7.11 Å². The van der Waals surface area contributed by atoms with E-state index in [-0.39, 0.29) is 5.91 Å². The van der Waals surface area contributed by atoms with E-state index in [0.717, 1.165) is 41.7 Å². The van der Waals surface area contributed by atoms with Gasteiger partial charge in [0.15, 0.2) is 5.82 Å². The van der Waals surface area contributed by atoms with Gasteiger partial charge in [0, 0.05) is 37.3 Å². The molecule has 0 radical (unpaired) electrons. The fourth-order valence-corrected chi connectivity index (χ4v) is 3.59. The molecule has 0 aliphatic carbocycles. The second-order valence-electron chi connectivity index (χ2n) is 7.24. The van der Waals surface area contributed by atoms with E-state index in [0.29, 0.717) is 25.3 Å². The number of rotatable bonds is 6. The second-order valence-corrected chi connectivity index (χ2v) is 7.24. The summed E-state index contributed by atoms with van der Waals surface area (Å²) >= 11 is 0. The summed E-state index contributed by atoms with van der Waals surface area (Å²) in [5.41, 5.74) is 2.49. The fraction of sp³-hybridized carbons (Fsp3) is 0.292. The topological polar surface area (TPSA) is 67.8 Å².